The quantitative estimate of drug-likeness (QED) is 0.163. The van der Waals surface area contributed by atoms with Gasteiger partial charge in [-0.2, -0.15) is 0 Å². The molecule has 52 heavy (non-hydrogen) atoms. The van der Waals surface area contributed by atoms with Gasteiger partial charge < -0.3 is 25.8 Å². The van der Waals surface area contributed by atoms with Crippen LogP contribution in [0.3, 0.4) is 0 Å². The second-order valence-electron chi connectivity index (χ2n) is 15.3. The number of hydrogen-bond donors (Lipinski definition) is 3. The van der Waals surface area contributed by atoms with Gasteiger partial charge in [0.1, 0.15) is 18.1 Å². The standard InChI is InChI=1S/C40H49N5O6S/c1-2-19-41-37(49)33(46)29(22-25-11-8-12-25)42-35(47)30-15-9-20-44(30)38(50)32(28-23-26-13-4-5-14-27(26)24-28)45-39(51)34(40(45)17-6-3-7-18-40)43-36(48)31-16-10-21-52-31/h2,4-5,10,13-14,16,21,25,28-30,32,34H,1,3,6-9,11-12,15,17-20,22-24H2,(H,41,49)(H,42,47)(H,43,48)/t29?,30-,32-,34+/m0/s1. The fraction of sp³-hybridized carbons (Fsp3) is 0.550. The van der Waals surface area contributed by atoms with Crippen molar-refractivity contribution in [3.8, 4) is 0 Å². The lowest BCUT2D eigenvalue weighted by Gasteiger charge is -2.62. The lowest BCUT2D eigenvalue weighted by atomic mass is 9.66. The highest BCUT2D eigenvalue weighted by molar-refractivity contribution is 7.12. The van der Waals surface area contributed by atoms with Gasteiger partial charge in [0.2, 0.25) is 23.5 Å². The Bertz CT molecular complexity index is 1690. The van der Waals surface area contributed by atoms with Crippen LogP contribution in [-0.4, -0.2) is 87.9 Å². The largest absolute Gasteiger partial charge is 0.346 e. The average molecular weight is 728 g/mol. The Hall–Kier alpha value is -4.32. The molecule has 3 N–H and O–H groups in total. The smallest absolute Gasteiger partial charge is 0.289 e. The van der Waals surface area contributed by atoms with Crippen molar-refractivity contribution in [2.75, 3.05) is 13.1 Å². The van der Waals surface area contributed by atoms with Crippen LogP contribution < -0.4 is 16.0 Å². The predicted octanol–water partition coefficient (Wildman–Crippen LogP) is 3.71. The molecule has 5 amide bonds. The van der Waals surface area contributed by atoms with E-state index in [1.165, 1.54) is 17.4 Å². The topological polar surface area (TPSA) is 145 Å². The molecule has 4 fully saturated rings. The van der Waals surface area contributed by atoms with Crippen LogP contribution in [0.15, 0.2) is 54.4 Å². The SMILES string of the molecule is C=CCNC(=O)C(=O)C(CC1CCC1)NC(=O)[C@@H]1CCCN1C(=O)[C@H](C1Cc2ccccc2C1)N1C(=O)[C@@H](NC(=O)c2cccs2)C12CCCCC2. The van der Waals surface area contributed by atoms with E-state index < -0.39 is 47.3 Å². The summed E-state index contributed by atoms with van der Waals surface area (Å²) in [4.78, 5) is 86.9. The second-order valence-corrected chi connectivity index (χ2v) is 16.2. The third-order valence-corrected chi connectivity index (χ3v) is 13.1. The summed E-state index contributed by atoms with van der Waals surface area (Å²) in [5, 5.41) is 10.3. The number of nitrogens with one attached hydrogen (secondary N) is 3. The molecule has 0 radical (unpaired) electrons. The van der Waals surface area contributed by atoms with Gasteiger partial charge in [0.25, 0.3) is 11.8 Å². The monoisotopic (exact) mass is 727 g/mol. The van der Waals surface area contributed by atoms with Gasteiger partial charge in [-0.15, -0.1) is 17.9 Å². The molecule has 12 heteroatoms. The Labute approximate surface area is 308 Å². The van der Waals surface area contributed by atoms with E-state index in [2.05, 4.69) is 34.7 Å². The summed E-state index contributed by atoms with van der Waals surface area (Å²) in [6.07, 6.45) is 11.2. The lowest BCUT2D eigenvalue weighted by Crippen LogP contribution is -2.83. The molecule has 11 nitrogen and oxygen atoms in total. The van der Waals surface area contributed by atoms with Gasteiger partial charge in [-0.05, 0) is 79.4 Å². The Kier molecular flexibility index (Phi) is 10.6. The molecule has 1 unspecified atom stereocenters. The minimum atomic E-state index is -0.990. The van der Waals surface area contributed by atoms with Gasteiger partial charge in [0.05, 0.1) is 16.5 Å². The van der Waals surface area contributed by atoms with Crippen molar-refractivity contribution >= 4 is 46.7 Å². The Balaban J connectivity index is 1.16. The number of thiophene rings is 1. The van der Waals surface area contributed by atoms with E-state index in [1.807, 2.05) is 28.5 Å². The van der Waals surface area contributed by atoms with Crippen LogP contribution in [0.4, 0.5) is 0 Å². The molecular weight excluding hydrogens is 679 g/mol. The molecule has 276 valence electrons. The zero-order valence-electron chi connectivity index (χ0n) is 29.6. The number of rotatable bonds is 13. The lowest BCUT2D eigenvalue weighted by molar-refractivity contribution is -0.183. The maximum atomic E-state index is 15.1. The predicted molar refractivity (Wildman–Crippen MR) is 196 cm³/mol. The number of nitrogens with zero attached hydrogens (tertiary/aromatic N) is 2. The third-order valence-electron chi connectivity index (χ3n) is 12.2. The van der Waals surface area contributed by atoms with Gasteiger partial charge in [-0.3, -0.25) is 28.8 Å². The molecule has 2 aromatic rings. The van der Waals surface area contributed by atoms with Crippen LogP contribution in [0.2, 0.25) is 0 Å². The van der Waals surface area contributed by atoms with Crippen molar-refractivity contribution in [1.29, 1.82) is 0 Å². The van der Waals surface area contributed by atoms with Gasteiger partial charge in [0, 0.05) is 13.1 Å². The summed E-state index contributed by atoms with van der Waals surface area (Å²) < 4.78 is 0. The number of β-lactam (4-membered cyclic amide) rings is 1. The number of carbonyl (C=O) groups is 6. The highest BCUT2D eigenvalue weighted by atomic mass is 32.1. The van der Waals surface area contributed by atoms with Crippen molar-refractivity contribution in [3.63, 3.8) is 0 Å². The highest BCUT2D eigenvalue weighted by Crippen LogP contribution is 2.48. The Morgan fingerprint density at radius 2 is 1.67 bits per heavy atom. The average Bonchev–Trinajstić information content (AvgIpc) is 3.94. The van der Waals surface area contributed by atoms with E-state index in [0.29, 0.717) is 56.4 Å². The Morgan fingerprint density at radius 1 is 0.942 bits per heavy atom. The second kappa shape index (κ2) is 15.3. The number of ketones is 1. The van der Waals surface area contributed by atoms with Crippen LogP contribution in [0.1, 0.15) is 91.4 Å². The first kappa shape index (κ1) is 36.1. The van der Waals surface area contributed by atoms with Gasteiger partial charge in [-0.1, -0.05) is 74.9 Å². The fourth-order valence-corrected chi connectivity index (χ4v) is 9.99. The normalized spacial score (nSPS) is 23.6. The first-order chi connectivity index (χ1) is 25.2. The maximum Gasteiger partial charge on any atom is 0.289 e. The molecule has 2 aliphatic heterocycles. The van der Waals surface area contributed by atoms with Crippen molar-refractivity contribution in [1.82, 2.24) is 25.8 Å². The van der Waals surface area contributed by atoms with Crippen molar-refractivity contribution in [2.45, 2.75) is 113 Å². The first-order valence-electron chi connectivity index (χ1n) is 19.0. The van der Waals surface area contributed by atoms with E-state index >= 15 is 4.79 Å². The summed E-state index contributed by atoms with van der Waals surface area (Å²) in [5.41, 5.74) is 1.61. The maximum absolute atomic E-state index is 15.1. The van der Waals surface area contributed by atoms with Crippen LogP contribution in [-0.2, 0) is 36.8 Å². The van der Waals surface area contributed by atoms with E-state index in [9.17, 15) is 24.0 Å². The molecule has 3 heterocycles. The summed E-state index contributed by atoms with van der Waals surface area (Å²) in [5.74, 6) is -2.66. The van der Waals surface area contributed by atoms with Gasteiger partial charge in [0.15, 0.2) is 0 Å². The van der Waals surface area contributed by atoms with Crippen LogP contribution >= 0.6 is 11.3 Å². The van der Waals surface area contributed by atoms with Crippen LogP contribution in [0.5, 0.6) is 0 Å². The Morgan fingerprint density at radius 3 is 2.31 bits per heavy atom. The van der Waals surface area contributed by atoms with Gasteiger partial charge in [-0.25, -0.2) is 0 Å². The van der Waals surface area contributed by atoms with Crippen LogP contribution in [0.25, 0.3) is 0 Å². The number of Topliss-reactive ketones (excluding diaryl/α,β-unsaturated/α-hetero) is 1. The number of hydrogen-bond acceptors (Lipinski definition) is 7. The third kappa shape index (κ3) is 6.81. The minimum Gasteiger partial charge on any atom is -0.346 e. The first-order valence-corrected chi connectivity index (χ1v) is 19.9. The summed E-state index contributed by atoms with van der Waals surface area (Å²) in [6.45, 7) is 4.08. The fourth-order valence-electron chi connectivity index (χ4n) is 9.36. The molecule has 1 spiro atoms. The van der Waals surface area contributed by atoms with Gasteiger partial charge >= 0.3 is 0 Å². The minimum absolute atomic E-state index is 0.140. The number of benzene rings is 1. The molecule has 3 aliphatic carbocycles. The molecular formula is C40H49N5O6S. The highest BCUT2D eigenvalue weighted by Gasteiger charge is 2.65. The molecule has 1 aromatic heterocycles. The van der Waals surface area contributed by atoms with Crippen molar-refractivity contribution in [2.24, 2.45) is 11.8 Å². The summed E-state index contributed by atoms with van der Waals surface area (Å²) in [7, 11) is 0. The molecule has 4 atom stereocenters. The molecule has 2 saturated carbocycles. The molecule has 5 aliphatic rings. The zero-order chi connectivity index (χ0) is 36.4. The molecule has 1 aromatic carbocycles. The van der Waals surface area contributed by atoms with E-state index in [4.69, 9.17) is 0 Å². The number of amides is 5. The number of carbonyl (C=O) groups excluding carboxylic acids is 6. The van der Waals surface area contributed by atoms with Crippen molar-refractivity contribution in [3.05, 3.63) is 70.4 Å². The molecule has 7 rings (SSSR count). The molecule has 0 bridgehead atoms. The zero-order valence-corrected chi connectivity index (χ0v) is 30.5. The molecule has 2 saturated heterocycles. The number of likely N-dealkylation sites (tertiary alicyclic amines) is 2. The van der Waals surface area contributed by atoms with E-state index in [-0.39, 0.29) is 36.1 Å². The van der Waals surface area contributed by atoms with Crippen molar-refractivity contribution < 1.29 is 28.8 Å². The summed E-state index contributed by atoms with van der Waals surface area (Å²) in [6, 6.07) is 8.31. The van der Waals surface area contributed by atoms with E-state index in [1.54, 1.807) is 11.0 Å². The number of fused-ring (bicyclic) bond motifs is 1. The summed E-state index contributed by atoms with van der Waals surface area (Å²) >= 11 is 1.32. The van der Waals surface area contributed by atoms with Crippen LogP contribution in [0, 0.1) is 11.8 Å². The van der Waals surface area contributed by atoms with E-state index in [0.717, 1.165) is 49.7 Å².